The van der Waals surface area contributed by atoms with Gasteiger partial charge < -0.3 is 0 Å². The van der Waals surface area contributed by atoms with Gasteiger partial charge in [0.05, 0.1) is 11.9 Å². The minimum absolute atomic E-state index is 0.743. The summed E-state index contributed by atoms with van der Waals surface area (Å²) < 4.78 is 2.07. The van der Waals surface area contributed by atoms with Gasteiger partial charge in [-0.3, -0.25) is 14.7 Å². The molecule has 2 aliphatic carbocycles. The van der Waals surface area contributed by atoms with Crippen LogP contribution in [0.15, 0.2) is 6.20 Å². The number of aryl methyl sites for hydroxylation is 2. The Hall–Kier alpha value is -1.62. The number of hydrogen-bond acceptors (Lipinski definition) is 3. The molecule has 1 N–H and O–H groups in total. The molecule has 0 amide bonds. The second-order valence-electron chi connectivity index (χ2n) is 7.31. The van der Waals surface area contributed by atoms with Crippen LogP contribution in [0.25, 0.3) is 0 Å². The zero-order valence-electron chi connectivity index (χ0n) is 14.3. The van der Waals surface area contributed by atoms with Crippen molar-refractivity contribution in [3.8, 4) is 0 Å². The third-order valence-electron chi connectivity index (χ3n) is 5.28. The summed E-state index contributed by atoms with van der Waals surface area (Å²) in [5, 5.41) is 12.4. The van der Waals surface area contributed by atoms with Crippen molar-refractivity contribution in [1.29, 1.82) is 0 Å². The van der Waals surface area contributed by atoms with E-state index in [2.05, 4.69) is 45.2 Å². The summed E-state index contributed by atoms with van der Waals surface area (Å²) in [7, 11) is 4.27. The molecule has 2 aromatic heterocycles. The molecule has 1 fully saturated rings. The normalized spacial score (nSPS) is 18.2. The molecule has 124 valence electrons. The third-order valence-corrected chi connectivity index (χ3v) is 5.28. The van der Waals surface area contributed by atoms with Crippen LogP contribution in [0.1, 0.15) is 66.2 Å². The van der Waals surface area contributed by atoms with E-state index in [1.54, 1.807) is 0 Å². The predicted molar refractivity (Wildman–Crippen MR) is 90.2 cm³/mol. The minimum atomic E-state index is 0.743. The van der Waals surface area contributed by atoms with Crippen LogP contribution in [-0.2, 0) is 33.0 Å². The lowest BCUT2D eigenvalue weighted by atomic mass is 10.1. The van der Waals surface area contributed by atoms with Crippen molar-refractivity contribution < 1.29 is 0 Å². The Morgan fingerprint density at radius 3 is 2.87 bits per heavy atom. The van der Waals surface area contributed by atoms with Crippen LogP contribution in [0, 0.1) is 0 Å². The van der Waals surface area contributed by atoms with E-state index in [-0.39, 0.29) is 0 Å². The molecule has 2 aromatic rings. The quantitative estimate of drug-likeness (QED) is 0.864. The van der Waals surface area contributed by atoms with Crippen LogP contribution in [0.2, 0.25) is 0 Å². The van der Waals surface area contributed by atoms with Crippen molar-refractivity contribution in [1.82, 2.24) is 24.9 Å². The van der Waals surface area contributed by atoms with Gasteiger partial charge in [-0.05, 0) is 51.1 Å². The third kappa shape index (κ3) is 3.07. The second-order valence-corrected chi connectivity index (χ2v) is 7.31. The maximum Gasteiger partial charge on any atom is 0.0797 e. The first kappa shape index (κ1) is 14.9. The Labute approximate surface area is 138 Å². The van der Waals surface area contributed by atoms with Gasteiger partial charge in [-0.1, -0.05) is 6.42 Å². The molecule has 0 unspecified atom stereocenters. The van der Waals surface area contributed by atoms with E-state index >= 15 is 0 Å². The molecule has 0 aromatic carbocycles. The summed E-state index contributed by atoms with van der Waals surface area (Å²) in [6.45, 7) is 1.88. The van der Waals surface area contributed by atoms with Crippen LogP contribution >= 0.6 is 0 Å². The van der Waals surface area contributed by atoms with Crippen molar-refractivity contribution in [2.75, 3.05) is 7.05 Å². The van der Waals surface area contributed by atoms with Gasteiger partial charge >= 0.3 is 0 Å². The summed E-state index contributed by atoms with van der Waals surface area (Å²) in [5.74, 6) is 0.743. The van der Waals surface area contributed by atoms with Crippen LogP contribution in [0.3, 0.4) is 0 Å². The summed E-state index contributed by atoms with van der Waals surface area (Å²) in [5.41, 5.74) is 6.95. The lowest BCUT2D eigenvalue weighted by Crippen LogP contribution is -2.19. The molecule has 0 aliphatic heterocycles. The summed E-state index contributed by atoms with van der Waals surface area (Å²) in [6, 6.07) is 0. The fraction of sp³-hybridized carbons (Fsp3) is 0.667. The molecule has 0 atom stereocenters. The fourth-order valence-corrected chi connectivity index (χ4v) is 3.96. The van der Waals surface area contributed by atoms with Crippen molar-refractivity contribution >= 4 is 0 Å². The Bertz CT molecular complexity index is 680. The van der Waals surface area contributed by atoms with E-state index in [4.69, 9.17) is 0 Å². The van der Waals surface area contributed by atoms with E-state index < -0.39 is 0 Å². The first-order chi connectivity index (χ1) is 11.2. The standard InChI is InChI=1S/C18H27N5/c1-22(11-14-10-19-23(2)18(14)13-8-9-13)12-17-15-6-4-3-5-7-16(15)20-21-17/h10,13H,3-9,11-12H2,1-2H3,(H,20,21). The Morgan fingerprint density at radius 1 is 1.22 bits per heavy atom. The lowest BCUT2D eigenvalue weighted by molar-refractivity contribution is 0.312. The molecule has 23 heavy (non-hydrogen) atoms. The number of fused-ring (bicyclic) bond motifs is 1. The Balaban J connectivity index is 1.46. The molecule has 0 spiro atoms. The number of aromatic amines is 1. The Kier molecular flexibility index (Phi) is 3.97. The summed E-state index contributed by atoms with van der Waals surface area (Å²) in [4.78, 5) is 2.38. The summed E-state index contributed by atoms with van der Waals surface area (Å²) in [6.07, 6.45) is 11.0. The van der Waals surface area contributed by atoms with E-state index in [0.29, 0.717) is 0 Å². The van der Waals surface area contributed by atoms with Crippen LogP contribution < -0.4 is 0 Å². The van der Waals surface area contributed by atoms with E-state index in [0.717, 1.165) is 19.0 Å². The topological polar surface area (TPSA) is 49.7 Å². The van der Waals surface area contributed by atoms with E-state index in [1.807, 2.05) is 0 Å². The average Bonchev–Trinajstić information content (AvgIpc) is 3.26. The first-order valence-electron chi connectivity index (χ1n) is 8.96. The number of nitrogens with one attached hydrogen (secondary N) is 1. The first-order valence-corrected chi connectivity index (χ1v) is 8.96. The largest absolute Gasteiger partial charge is 0.296 e. The molecule has 5 nitrogen and oxygen atoms in total. The molecular formula is C18H27N5. The number of hydrogen-bond donors (Lipinski definition) is 1. The highest BCUT2D eigenvalue weighted by Gasteiger charge is 2.29. The highest BCUT2D eigenvalue weighted by molar-refractivity contribution is 5.28. The molecule has 5 heteroatoms. The SMILES string of the molecule is CN(Cc1cnn(C)c1C1CC1)Cc1n[nH]c2c1CCCCC2. The molecule has 4 rings (SSSR count). The van der Waals surface area contributed by atoms with Gasteiger partial charge in [-0.2, -0.15) is 10.2 Å². The molecule has 2 aliphatic rings. The van der Waals surface area contributed by atoms with Crippen LogP contribution in [-0.4, -0.2) is 31.9 Å². The molecule has 1 saturated carbocycles. The van der Waals surface area contributed by atoms with Crippen molar-refractivity contribution in [2.45, 2.75) is 64.0 Å². The van der Waals surface area contributed by atoms with Crippen LogP contribution in [0.5, 0.6) is 0 Å². The van der Waals surface area contributed by atoms with Crippen molar-refractivity contribution in [2.24, 2.45) is 7.05 Å². The fourth-order valence-electron chi connectivity index (χ4n) is 3.96. The monoisotopic (exact) mass is 313 g/mol. The molecule has 0 bridgehead atoms. The molecule has 0 saturated heterocycles. The second kappa shape index (κ2) is 6.11. The average molecular weight is 313 g/mol. The van der Waals surface area contributed by atoms with Crippen molar-refractivity contribution in [3.05, 3.63) is 34.4 Å². The van der Waals surface area contributed by atoms with E-state index in [9.17, 15) is 0 Å². The van der Waals surface area contributed by atoms with Gasteiger partial charge in [-0.25, -0.2) is 0 Å². The van der Waals surface area contributed by atoms with Gasteiger partial charge in [0.15, 0.2) is 0 Å². The van der Waals surface area contributed by atoms with Crippen LogP contribution in [0.4, 0.5) is 0 Å². The molecular weight excluding hydrogens is 286 g/mol. The van der Waals surface area contributed by atoms with Gasteiger partial charge in [0, 0.05) is 43.0 Å². The smallest absolute Gasteiger partial charge is 0.0797 e. The molecule has 0 radical (unpaired) electrons. The maximum atomic E-state index is 4.61. The van der Waals surface area contributed by atoms with Gasteiger partial charge in [0.25, 0.3) is 0 Å². The van der Waals surface area contributed by atoms with Gasteiger partial charge in [-0.15, -0.1) is 0 Å². The minimum Gasteiger partial charge on any atom is -0.296 e. The maximum absolute atomic E-state index is 4.61. The molecule has 2 heterocycles. The predicted octanol–water partition coefficient (Wildman–Crippen LogP) is 2.92. The van der Waals surface area contributed by atoms with Gasteiger partial charge in [0.2, 0.25) is 0 Å². The van der Waals surface area contributed by atoms with Gasteiger partial charge in [0.1, 0.15) is 0 Å². The number of aromatic nitrogens is 4. The number of nitrogens with zero attached hydrogens (tertiary/aromatic N) is 4. The highest BCUT2D eigenvalue weighted by atomic mass is 15.3. The highest BCUT2D eigenvalue weighted by Crippen LogP contribution is 2.41. The number of H-pyrrole nitrogens is 1. The summed E-state index contributed by atoms with van der Waals surface area (Å²) >= 11 is 0. The lowest BCUT2D eigenvalue weighted by Gasteiger charge is -2.16. The Morgan fingerprint density at radius 2 is 2.04 bits per heavy atom. The zero-order valence-corrected chi connectivity index (χ0v) is 14.3. The van der Waals surface area contributed by atoms with Crippen molar-refractivity contribution in [3.63, 3.8) is 0 Å². The van der Waals surface area contributed by atoms with E-state index in [1.165, 1.54) is 73.2 Å². The number of rotatable bonds is 5. The zero-order chi connectivity index (χ0) is 15.8.